The predicted molar refractivity (Wildman–Crippen MR) is 98.4 cm³/mol. The quantitative estimate of drug-likeness (QED) is 0.627. The van der Waals surface area contributed by atoms with E-state index in [9.17, 15) is 4.79 Å². The Morgan fingerprint density at radius 2 is 2.08 bits per heavy atom. The molecule has 1 heterocycles. The molecule has 4 rings (SSSR count). The lowest BCUT2D eigenvalue weighted by Gasteiger charge is -2.15. The van der Waals surface area contributed by atoms with Crippen LogP contribution in [0, 0.1) is 17.3 Å². The third-order valence-electron chi connectivity index (χ3n) is 5.74. The minimum absolute atomic E-state index is 0.0372. The molecule has 0 unspecified atom stereocenters. The van der Waals surface area contributed by atoms with Gasteiger partial charge in [-0.15, -0.1) is 0 Å². The number of carbonyl (C=O) groups excluding carboxylic acids is 1. The minimum Gasteiger partial charge on any atom is -0.455 e. The lowest BCUT2D eigenvalue weighted by atomic mass is 9.90. The topological polar surface area (TPSA) is 54.6 Å². The van der Waals surface area contributed by atoms with Gasteiger partial charge in [0.05, 0.1) is 6.21 Å². The van der Waals surface area contributed by atoms with Gasteiger partial charge in [-0.2, -0.15) is 5.10 Å². The van der Waals surface area contributed by atoms with E-state index in [1.54, 1.807) is 6.21 Å². The minimum atomic E-state index is 0.0372. The molecule has 2 aliphatic rings. The summed E-state index contributed by atoms with van der Waals surface area (Å²) in [6.07, 6.45) is 6.35. The Balaban J connectivity index is 1.37. The van der Waals surface area contributed by atoms with Crippen LogP contribution in [0.2, 0.25) is 5.02 Å². The normalized spacial score (nSPS) is 27.9. The van der Waals surface area contributed by atoms with Crippen LogP contribution in [0.4, 0.5) is 0 Å². The summed E-state index contributed by atoms with van der Waals surface area (Å²) < 4.78 is 5.74. The molecule has 1 aromatic carbocycles. The highest BCUT2D eigenvalue weighted by molar-refractivity contribution is 6.30. The van der Waals surface area contributed by atoms with Crippen molar-refractivity contribution in [3.05, 3.63) is 47.2 Å². The van der Waals surface area contributed by atoms with Crippen molar-refractivity contribution in [3.8, 4) is 11.3 Å². The number of hydrogen-bond donors (Lipinski definition) is 1. The van der Waals surface area contributed by atoms with E-state index in [-0.39, 0.29) is 17.2 Å². The zero-order chi connectivity index (χ0) is 17.4. The maximum absolute atomic E-state index is 12.4. The number of nitrogens with zero attached hydrogens (tertiary/aromatic N) is 1. The first kappa shape index (κ1) is 16.4. The van der Waals surface area contributed by atoms with Crippen molar-refractivity contribution in [1.82, 2.24) is 5.43 Å². The highest BCUT2D eigenvalue weighted by Crippen LogP contribution is 2.66. The summed E-state index contributed by atoms with van der Waals surface area (Å²) in [6, 6.07) is 11.2. The fourth-order valence-corrected chi connectivity index (χ4v) is 4.40. The third kappa shape index (κ3) is 3.11. The molecule has 3 atom stereocenters. The molecule has 0 bridgehead atoms. The Morgan fingerprint density at radius 1 is 1.28 bits per heavy atom. The van der Waals surface area contributed by atoms with Gasteiger partial charge < -0.3 is 4.42 Å². The Bertz CT molecular complexity index is 811. The van der Waals surface area contributed by atoms with Gasteiger partial charge in [0.2, 0.25) is 5.91 Å². The second-order valence-corrected chi connectivity index (χ2v) is 7.72. The van der Waals surface area contributed by atoms with E-state index in [1.807, 2.05) is 36.4 Å². The fourth-order valence-electron chi connectivity index (χ4n) is 4.27. The molecule has 1 N–H and O–H groups in total. The predicted octanol–water partition coefficient (Wildman–Crippen LogP) is 4.88. The average molecular weight is 357 g/mol. The van der Waals surface area contributed by atoms with E-state index in [4.69, 9.17) is 16.0 Å². The molecule has 1 aromatic heterocycles. The number of furan rings is 1. The van der Waals surface area contributed by atoms with Crippen molar-refractivity contribution in [3.63, 3.8) is 0 Å². The zero-order valence-electron chi connectivity index (χ0n) is 14.2. The molecular formula is C20H21ClN2O2. The van der Waals surface area contributed by atoms with Crippen molar-refractivity contribution < 1.29 is 9.21 Å². The number of hydrazone groups is 1. The maximum Gasteiger partial charge on any atom is 0.244 e. The lowest BCUT2D eigenvalue weighted by molar-refractivity contribution is -0.123. The standard InChI is InChI=1S/C20H21ClN2O2/c1-20-11-3-2-4-16(20)18(20)19(24)23-22-12-15-9-10-17(25-15)13-5-7-14(21)8-6-13/h5-10,12,16,18H,2-4,11H2,1H3,(H,23,24)/b22-12+/t16-,18-,20+/m1/s1. The molecule has 5 heteroatoms. The van der Waals surface area contributed by atoms with E-state index in [0.717, 1.165) is 17.7 Å². The molecule has 25 heavy (non-hydrogen) atoms. The first-order chi connectivity index (χ1) is 12.1. The molecule has 0 aliphatic heterocycles. The summed E-state index contributed by atoms with van der Waals surface area (Å²) >= 11 is 5.90. The lowest BCUT2D eigenvalue weighted by Crippen LogP contribution is -2.22. The Morgan fingerprint density at radius 3 is 2.80 bits per heavy atom. The molecule has 4 nitrogen and oxygen atoms in total. The van der Waals surface area contributed by atoms with Crippen molar-refractivity contribution in [2.75, 3.05) is 0 Å². The van der Waals surface area contributed by atoms with Gasteiger partial charge in [0.1, 0.15) is 11.5 Å². The average Bonchev–Trinajstić information content (AvgIpc) is 2.96. The van der Waals surface area contributed by atoms with Gasteiger partial charge in [0.25, 0.3) is 0 Å². The summed E-state index contributed by atoms with van der Waals surface area (Å²) in [4.78, 5) is 12.4. The number of rotatable bonds is 4. The monoisotopic (exact) mass is 356 g/mol. The van der Waals surface area contributed by atoms with Crippen LogP contribution in [-0.2, 0) is 4.79 Å². The van der Waals surface area contributed by atoms with Gasteiger partial charge in [-0.05, 0) is 60.6 Å². The van der Waals surface area contributed by atoms with Crippen molar-refractivity contribution in [2.24, 2.45) is 22.4 Å². The molecule has 0 radical (unpaired) electrons. The largest absolute Gasteiger partial charge is 0.455 e. The van der Waals surface area contributed by atoms with Crippen molar-refractivity contribution in [2.45, 2.75) is 32.6 Å². The third-order valence-corrected chi connectivity index (χ3v) is 5.99. The first-order valence-corrected chi connectivity index (χ1v) is 9.14. The summed E-state index contributed by atoms with van der Waals surface area (Å²) in [6.45, 7) is 2.23. The second kappa shape index (κ2) is 6.34. The van der Waals surface area contributed by atoms with Crippen LogP contribution >= 0.6 is 11.6 Å². The van der Waals surface area contributed by atoms with Crippen LogP contribution in [0.5, 0.6) is 0 Å². The van der Waals surface area contributed by atoms with Crippen LogP contribution in [-0.4, -0.2) is 12.1 Å². The summed E-state index contributed by atoms with van der Waals surface area (Å²) in [7, 11) is 0. The smallest absolute Gasteiger partial charge is 0.244 e. The molecule has 2 fully saturated rings. The van der Waals surface area contributed by atoms with E-state index in [1.165, 1.54) is 19.3 Å². The van der Waals surface area contributed by atoms with E-state index >= 15 is 0 Å². The number of carbonyl (C=O) groups is 1. The first-order valence-electron chi connectivity index (χ1n) is 8.77. The summed E-state index contributed by atoms with van der Waals surface area (Å²) in [5.74, 6) is 2.04. The molecule has 1 amide bonds. The van der Waals surface area contributed by atoms with Crippen LogP contribution in [0.15, 0.2) is 45.9 Å². The van der Waals surface area contributed by atoms with E-state index < -0.39 is 0 Å². The Hall–Kier alpha value is -2.07. The molecule has 0 spiro atoms. The molecule has 2 aromatic rings. The van der Waals surface area contributed by atoms with Gasteiger partial charge in [0, 0.05) is 16.5 Å². The number of fused-ring (bicyclic) bond motifs is 1. The van der Waals surface area contributed by atoms with Gasteiger partial charge in [0.15, 0.2) is 0 Å². The molecular weight excluding hydrogens is 336 g/mol. The van der Waals surface area contributed by atoms with Gasteiger partial charge >= 0.3 is 0 Å². The number of hydrogen-bond acceptors (Lipinski definition) is 3. The number of halogens is 1. The highest BCUT2D eigenvalue weighted by Gasteiger charge is 2.64. The number of amides is 1. The van der Waals surface area contributed by atoms with Crippen molar-refractivity contribution >= 4 is 23.7 Å². The van der Waals surface area contributed by atoms with Gasteiger partial charge in [-0.1, -0.05) is 31.4 Å². The van der Waals surface area contributed by atoms with Gasteiger partial charge in [-0.3, -0.25) is 4.79 Å². The van der Waals surface area contributed by atoms with Crippen LogP contribution in [0.3, 0.4) is 0 Å². The zero-order valence-corrected chi connectivity index (χ0v) is 14.9. The van der Waals surface area contributed by atoms with Crippen LogP contribution < -0.4 is 5.43 Å². The summed E-state index contributed by atoms with van der Waals surface area (Å²) in [5, 5.41) is 4.76. The Labute approximate surface area is 152 Å². The second-order valence-electron chi connectivity index (χ2n) is 7.28. The van der Waals surface area contributed by atoms with Crippen molar-refractivity contribution in [1.29, 1.82) is 0 Å². The van der Waals surface area contributed by atoms with Crippen LogP contribution in [0.25, 0.3) is 11.3 Å². The highest BCUT2D eigenvalue weighted by atomic mass is 35.5. The maximum atomic E-state index is 12.4. The van der Waals surface area contributed by atoms with Gasteiger partial charge in [-0.25, -0.2) is 5.43 Å². The summed E-state index contributed by atoms with van der Waals surface area (Å²) in [5.41, 5.74) is 3.83. The van der Waals surface area contributed by atoms with Crippen LogP contribution in [0.1, 0.15) is 38.4 Å². The molecule has 0 saturated heterocycles. The molecule has 2 saturated carbocycles. The number of nitrogens with one attached hydrogen (secondary N) is 1. The SMILES string of the molecule is C[C@]12CCCC[C@@H]1[C@@H]2C(=O)N/N=C/c1ccc(-c2ccc(Cl)cc2)o1. The fraction of sp³-hybridized carbons (Fsp3) is 0.400. The van der Waals surface area contributed by atoms with E-state index in [2.05, 4.69) is 17.5 Å². The molecule has 2 aliphatic carbocycles. The number of benzene rings is 1. The molecule has 130 valence electrons. The van der Waals surface area contributed by atoms with E-state index in [0.29, 0.717) is 16.7 Å². The Kier molecular flexibility index (Phi) is 4.16.